The van der Waals surface area contributed by atoms with Crippen LogP contribution in [0.4, 0.5) is 0 Å². The highest BCUT2D eigenvalue weighted by Crippen LogP contribution is 2.07. The summed E-state index contributed by atoms with van der Waals surface area (Å²) in [4.78, 5) is 11.8. The zero-order valence-electron chi connectivity index (χ0n) is 9.98. The average Bonchev–Trinajstić information content (AvgIpc) is 2.46. The summed E-state index contributed by atoms with van der Waals surface area (Å²) >= 11 is 0. The first-order chi connectivity index (χ1) is 9.19. The number of pyridine rings is 1. The van der Waals surface area contributed by atoms with E-state index in [-0.39, 0.29) is 5.78 Å². The largest absolute Gasteiger partial charge is 0.619 e. The molecular formula is C15H10N2O2. The lowest BCUT2D eigenvalue weighted by atomic mass is 10.1. The van der Waals surface area contributed by atoms with Crippen LogP contribution < -0.4 is 4.73 Å². The van der Waals surface area contributed by atoms with Gasteiger partial charge in [0.2, 0.25) is 0 Å². The molecule has 1 heterocycles. The number of aromatic nitrogens is 1. The van der Waals surface area contributed by atoms with E-state index < -0.39 is 0 Å². The molecule has 0 N–H and O–H groups in total. The van der Waals surface area contributed by atoms with Gasteiger partial charge in [0.05, 0.1) is 11.6 Å². The molecule has 0 fully saturated rings. The summed E-state index contributed by atoms with van der Waals surface area (Å²) in [7, 11) is 0. The number of nitriles is 1. The fourth-order valence-corrected chi connectivity index (χ4v) is 1.51. The molecule has 0 spiro atoms. The Morgan fingerprint density at radius 1 is 1.16 bits per heavy atom. The predicted molar refractivity (Wildman–Crippen MR) is 69.9 cm³/mol. The van der Waals surface area contributed by atoms with E-state index >= 15 is 0 Å². The third-order valence-corrected chi connectivity index (χ3v) is 2.55. The Balaban J connectivity index is 2.11. The molecular weight excluding hydrogens is 240 g/mol. The molecule has 0 saturated carbocycles. The predicted octanol–water partition coefficient (Wildman–Crippen LogP) is 2.09. The van der Waals surface area contributed by atoms with Gasteiger partial charge in [0.1, 0.15) is 0 Å². The minimum Gasteiger partial charge on any atom is -0.619 e. The van der Waals surface area contributed by atoms with Crippen molar-refractivity contribution in [3.8, 4) is 6.07 Å². The molecule has 0 amide bonds. The quantitative estimate of drug-likeness (QED) is 0.362. The first-order valence-corrected chi connectivity index (χ1v) is 5.60. The van der Waals surface area contributed by atoms with Gasteiger partial charge in [-0.1, -0.05) is 18.2 Å². The second kappa shape index (κ2) is 5.61. The second-order valence-electron chi connectivity index (χ2n) is 3.88. The zero-order valence-corrected chi connectivity index (χ0v) is 9.98. The topological polar surface area (TPSA) is 67.8 Å². The van der Waals surface area contributed by atoms with Gasteiger partial charge in [0.25, 0.3) is 0 Å². The molecule has 0 saturated heterocycles. The van der Waals surface area contributed by atoms with Crippen LogP contribution in [0, 0.1) is 16.5 Å². The molecule has 0 atom stereocenters. The van der Waals surface area contributed by atoms with Crippen LogP contribution in [0.15, 0.2) is 54.9 Å². The van der Waals surface area contributed by atoms with Gasteiger partial charge in [0, 0.05) is 17.7 Å². The standard InChI is InChI=1S/C15H10N2O2/c16-11-13-3-1-12(2-4-13)5-6-15(18)14-7-9-17(19)10-8-14/h1-10H/b6-5+. The summed E-state index contributed by atoms with van der Waals surface area (Å²) in [5, 5.41) is 19.5. The lowest BCUT2D eigenvalue weighted by Crippen LogP contribution is -2.24. The Labute approximate surface area is 110 Å². The molecule has 0 bridgehead atoms. The number of rotatable bonds is 3. The maximum Gasteiger partial charge on any atom is 0.186 e. The number of carbonyl (C=O) groups is 1. The Morgan fingerprint density at radius 3 is 2.37 bits per heavy atom. The van der Waals surface area contributed by atoms with Crippen molar-refractivity contribution in [1.82, 2.24) is 0 Å². The Kier molecular flexibility index (Phi) is 3.70. The zero-order chi connectivity index (χ0) is 13.7. The third kappa shape index (κ3) is 3.27. The van der Waals surface area contributed by atoms with Crippen LogP contribution in [-0.4, -0.2) is 5.78 Å². The summed E-state index contributed by atoms with van der Waals surface area (Å²) in [6.45, 7) is 0. The number of hydrogen-bond acceptors (Lipinski definition) is 3. The van der Waals surface area contributed by atoms with E-state index in [1.54, 1.807) is 30.3 Å². The van der Waals surface area contributed by atoms with Gasteiger partial charge in [-0.15, -0.1) is 0 Å². The molecule has 0 aliphatic carbocycles. The maximum absolute atomic E-state index is 11.8. The van der Waals surface area contributed by atoms with Crippen LogP contribution in [0.2, 0.25) is 0 Å². The number of ketones is 1. The van der Waals surface area contributed by atoms with Crippen LogP contribution >= 0.6 is 0 Å². The number of carbonyl (C=O) groups excluding carboxylic acids is 1. The molecule has 0 aliphatic rings. The molecule has 2 aromatic rings. The first-order valence-electron chi connectivity index (χ1n) is 5.60. The molecule has 4 nitrogen and oxygen atoms in total. The molecule has 1 aromatic heterocycles. The summed E-state index contributed by atoms with van der Waals surface area (Å²) in [6, 6.07) is 11.9. The highest BCUT2D eigenvalue weighted by atomic mass is 16.5. The highest BCUT2D eigenvalue weighted by molar-refractivity contribution is 6.06. The van der Waals surface area contributed by atoms with E-state index in [4.69, 9.17) is 5.26 Å². The lowest BCUT2D eigenvalue weighted by molar-refractivity contribution is -0.605. The van der Waals surface area contributed by atoms with Crippen LogP contribution in [0.1, 0.15) is 21.5 Å². The SMILES string of the molecule is N#Cc1ccc(/C=C/C(=O)c2cc[n+]([O-])cc2)cc1. The molecule has 0 aliphatic heterocycles. The van der Waals surface area contributed by atoms with Crippen molar-refractivity contribution in [3.63, 3.8) is 0 Å². The Hall–Kier alpha value is -2.93. The molecule has 92 valence electrons. The molecule has 0 unspecified atom stereocenters. The van der Waals surface area contributed by atoms with Crippen molar-refractivity contribution in [2.45, 2.75) is 0 Å². The van der Waals surface area contributed by atoms with Crippen molar-refractivity contribution < 1.29 is 9.52 Å². The molecule has 1 aromatic carbocycles. The summed E-state index contributed by atoms with van der Waals surface area (Å²) in [5.41, 5.74) is 1.87. The van der Waals surface area contributed by atoms with Crippen LogP contribution in [0.5, 0.6) is 0 Å². The number of nitrogens with zero attached hydrogens (tertiary/aromatic N) is 2. The van der Waals surface area contributed by atoms with E-state index in [0.717, 1.165) is 5.56 Å². The van der Waals surface area contributed by atoms with E-state index in [2.05, 4.69) is 0 Å². The van der Waals surface area contributed by atoms with Crippen LogP contribution in [-0.2, 0) is 0 Å². The number of benzene rings is 1. The third-order valence-electron chi connectivity index (χ3n) is 2.55. The molecule has 4 heteroatoms. The van der Waals surface area contributed by atoms with Gasteiger partial charge in [-0.2, -0.15) is 9.99 Å². The molecule has 2 rings (SSSR count). The van der Waals surface area contributed by atoms with Crippen molar-refractivity contribution in [3.05, 3.63) is 76.8 Å². The van der Waals surface area contributed by atoms with Gasteiger partial charge in [-0.3, -0.25) is 4.79 Å². The number of hydrogen-bond donors (Lipinski definition) is 0. The Morgan fingerprint density at radius 2 is 1.79 bits per heavy atom. The van der Waals surface area contributed by atoms with E-state index in [1.807, 2.05) is 6.07 Å². The van der Waals surface area contributed by atoms with Crippen molar-refractivity contribution in [2.75, 3.05) is 0 Å². The van der Waals surface area contributed by atoms with Gasteiger partial charge >= 0.3 is 0 Å². The van der Waals surface area contributed by atoms with Crippen LogP contribution in [0.3, 0.4) is 0 Å². The summed E-state index contributed by atoms with van der Waals surface area (Å²) < 4.78 is 0.626. The van der Waals surface area contributed by atoms with Gasteiger partial charge < -0.3 is 5.21 Å². The van der Waals surface area contributed by atoms with Crippen molar-refractivity contribution >= 4 is 11.9 Å². The minimum absolute atomic E-state index is 0.176. The van der Waals surface area contributed by atoms with Gasteiger partial charge in [-0.05, 0) is 23.8 Å². The molecule has 0 radical (unpaired) electrons. The molecule has 19 heavy (non-hydrogen) atoms. The van der Waals surface area contributed by atoms with E-state index in [9.17, 15) is 10.0 Å². The van der Waals surface area contributed by atoms with Crippen molar-refractivity contribution in [2.24, 2.45) is 0 Å². The summed E-state index contributed by atoms with van der Waals surface area (Å²) in [6.07, 6.45) is 5.67. The van der Waals surface area contributed by atoms with Crippen molar-refractivity contribution in [1.29, 1.82) is 5.26 Å². The fourth-order valence-electron chi connectivity index (χ4n) is 1.51. The number of allylic oxidation sites excluding steroid dienone is 1. The Bertz CT molecular complexity index is 650. The lowest BCUT2D eigenvalue weighted by Gasteiger charge is -1.97. The smallest absolute Gasteiger partial charge is 0.186 e. The average molecular weight is 250 g/mol. The highest BCUT2D eigenvalue weighted by Gasteiger charge is 2.02. The first kappa shape index (κ1) is 12.5. The van der Waals surface area contributed by atoms with Gasteiger partial charge in [0.15, 0.2) is 18.2 Å². The normalized spacial score (nSPS) is 10.3. The van der Waals surface area contributed by atoms with Gasteiger partial charge in [-0.25, -0.2) is 0 Å². The second-order valence-corrected chi connectivity index (χ2v) is 3.88. The maximum atomic E-state index is 11.8. The summed E-state index contributed by atoms with van der Waals surface area (Å²) in [5.74, 6) is -0.176. The monoisotopic (exact) mass is 250 g/mol. The fraction of sp³-hybridized carbons (Fsp3) is 0. The van der Waals surface area contributed by atoms with E-state index in [0.29, 0.717) is 15.9 Å². The van der Waals surface area contributed by atoms with Crippen LogP contribution in [0.25, 0.3) is 6.08 Å². The van der Waals surface area contributed by atoms with E-state index in [1.165, 1.54) is 30.6 Å². The minimum atomic E-state index is -0.176.